The van der Waals surface area contributed by atoms with Gasteiger partial charge in [-0.15, -0.1) is 0 Å². The molecule has 220 valence electrons. The molecule has 0 saturated carbocycles. The number of aliphatic hydroxyl groups excluding tert-OH is 2. The minimum absolute atomic E-state index is 0.234. The molecule has 4 nitrogen and oxygen atoms in total. The number of allylic oxidation sites excluding steroid dienone is 2. The highest BCUT2D eigenvalue weighted by atomic mass is 16.6. The molecule has 0 aliphatic rings. The van der Waals surface area contributed by atoms with E-state index in [4.69, 9.17) is 4.74 Å². The van der Waals surface area contributed by atoms with E-state index in [1.165, 1.54) is 109 Å². The Morgan fingerprint density at radius 2 is 1.03 bits per heavy atom. The van der Waals surface area contributed by atoms with Gasteiger partial charge in [0.05, 0.1) is 6.61 Å². The predicted octanol–water partition coefficient (Wildman–Crippen LogP) is 9.60. The van der Waals surface area contributed by atoms with E-state index in [9.17, 15) is 15.0 Å². The summed E-state index contributed by atoms with van der Waals surface area (Å²) < 4.78 is 5.55. The summed E-state index contributed by atoms with van der Waals surface area (Å²) in [5.41, 5.74) is 0. The van der Waals surface area contributed by atoms with Gasteiger partial charge in [0.25, 0.3) is 0 Å². The number of rotatable bonds is 29. The summed E-state index contributed by atoms with van der Waals surface area (Å²) in [6, 6.07) is 0. The van der Waals surface area contributed by atoms with Gasteiger partial charge < -0.3 is 14.9 Å². The van der Waals surface area contributed by atoms with Gasteiger partial charge in [-0.05, 0) is 44.9 Å². The molecule has 0 saturated heterocycles. The van der Waals surface area contributed by atoms with Crippen molar-refractivity contribution in [2.24, 2.45) is 0 Å². The summed E-state index contributed by atoms with van der Waals surface area (Å²) in [6.45, 7) is 4.15. The fourth-order valence-electron chi connectivity index (χ4n) is 4.85. The molecule has 2 unspecified atom stereocenters. The number of aliphatic hydroxyl groups is 2. The van der Waals surface area contributed by atoms with Gasteiger partial charge in [0, 0.05) is 6.42 Å². The highest BCUT2D eigenvalue weighted by Crippen LogP contribution is 2.16. The third-order valence-electron chi connectivity index (χ3n) is 7.38. The summed E-state index contributed by atoms with van der Waals surface area (Å²) >= 11 is 0. The topological polar surface area (TPSA) is 66.8 Å². The minimum atomic E-state index is -0.975. The second kappa shape index (κ2) is 29.7. The number of hydrogen-bond donors (Lipinski definition) is 2. The van der Waals surface area contributed by atoms with Crippen molar-refractivity contribution in [1.82, 2.24) is 0 Å². The van der Waals surface area contributed by atoms with Gasteiger partial charge in [0.15, 0.2) is 0 Å². The highest BCUT2D eigenvalue weighted by Gasteiger charge is 2.22. The van der Waals surface area contributed by atoms with E-state index in [-0.39, 0.29) is 12.6 Å². The molecule has 0 amide bonds. The summed E-state index contributed by atoms with van der Waals surface area (Å²) in [5, 5.41) is 19.4. The Morgan fingerprint density at radius 3 is 1.49 bits per heavy atom. The predicted molar refractivity (Wildman–Crippen MR) is 159 cm³/mol. The van der Waals surface area contributed by atoms with Gasteiger partial charge in [0.2, 0.25) is 0 Å². The van der Waals surface area contributed by atoms with Crippen LogP contribution in [0.2, 0.25) is 0 Å². The van der Waals surface area contributed by atoms with Crippen LogP contribution in [0, 0.1) is 0 Å². The van der Waals surface area contributed by atoms with E-state index in [0.29, 0.717) is 12.8 Å². The standard InChI is InChI=1S/C33H64O4/c1-3-5-7-9-11-13-15-16-17-18-19-21-23-25-27-29-33(36)37-32(31(35)30-34)28-26-24-22-20-14-12-10-8-6-4-2/h16-17,31-32,34-35H,3-15,18-30H2,1-2H3/b17-16-. The quantitative estimate of drug-likeness (QED) is 0.0580. The van der Waals surface area contributed by atoms with Gasteiger partial charge in [0.1, 0.15) is 12.2 Å². The molecule has 0 rings (SSSR count). The minimum Gasteiger partial charge on any atom is -0.460 e. The Labute approximate surface area is 231 Å². The zero-order valence-corrected chi connectivity index (χ0v) is 24.9. The van der Waals surface area contributed by atoms with E-state index in [2.05, 4.69) is 26.0 Å². The molecule has 2 atom stereocenters. The van der Waals surface area contributed by atoms with Crippen LogP contribution in [0.25, 0.3) is 0 Å². The number of carbonyl (C=O) groups excluding carboxylic acids is 1. The van der Waals surface area contributed by atoms with Crippen molar-refractivity contribution in [3.63, 3.8) is 0 Å². The van der Waals surface area contributed by atoms with E-state index in [0.717, 1.165) is 38.5 Å². The molecule has 0 aliphatic carbocycles. The Morgan fingerprint density at radius 1 is 0.622 bits per heavy atom. The average Bonchev–Trinajstić information content (AvgIpc) is 2.90. The van der Waals surface area contributed by atoms with Gasteiger partial charge in [-0.2, -0.15) is 0 Å². The van der Waals surface area contributed by atoms with Gasteiger partial charge in [-0.25, -0.2) is 0 Å². The normalized spacial score (nSPS) is 13.3. The van der Waals surface area contributed by atoms with Crippen molar-refractivity contribution in [1.29, 1.82) is 0 Å². The number of ether oxygens (including phenoxy) is 1. The smallest absolute Gasteiger partial charge is 0.306 e. The maximum atomic E-state index is 12.3. The molecular weight excluding hydrogens is 460 g/mol. The first-order chi connectivity index (χ1) is 18.2. The summed E-state index contributed by atoms with van der Waals surface area (Å²) in [5.74, 6) is -0.234. The lowest BCUT2D eigenvalue weighted by atomic mass is 10.0. The lowest BCUT2D eigenvalue weighted by molar-refractivity contribution is -0.157. The first-order valence-electron chi connectivity index (χ1n) is 16.3. The van der Waals surface area contributed by atoms with Crippen LogP contribution < -0.4 is 0 Å². The van der Waals surface area contributed by atoms with Crippen LogP contribution in [0.1, 0.15) is 174 Å². The Bertz CT molecular complexity index is 491. The molecule has 0 spiro atoms. The summed E-state index contributed by atoms with van der Waals surface area (Å²) in [6.07, 6.45) is 32.7. The molecule has 0 radical (unpaired) electrons. The Balaban J connectivity index is 3.70. The highest BCUT2D eigenvalue weighted by molar-refractivity contribution is 5.69. The third-order valence-corrected chi connectivity index (χ3v) is 7.38. The second-order valence-corrected chi connectivity index (χ2v) is 11.1. The monoisotopic (exact) mass is 524 g/mol. The maximum Gasteiger partial charge on any atom is 0.306 e. The van der Waals surface area contributed by atoms with Crippen molar-refractivity contribution in [2.45, 2.75) is 187 Å². The van der Waals surface area contributed by atoms with Crippen molar-refractivity contribution >= 4 is 5.97 Å². The van der Waals surface area contributed by atoms with Crippen LogP contribution in [0.15, 0.2) is 12.2 Å². The van der Waals surface area contributed by atoms with Gasteiger partial charge in [-0.1, -0.05) is 135 Å². The van der Waals surface area contributed by atoms with Crippen molar-refractivity contribution in [3.05, 3.63) is 12.2 Å². The number of carbonyl (C=O) groups is 1. The largest absolute Gasteiger partial charge is 0.460 e. The molecule has 4 heteroatoms. The lowest BCUT2D eigenvalue weighted by Gasteiger charge is -2.22. The summed E-state index contributed by atoms with van der Waals surface area (Å²) in [7, 11) is 0. The van der Waals surface area contributed by atoms with E-state index in [1.807, 2.05) is 0 Å². The van der Waals surface area contributed by atoms with Crippen molar-refractivity contribution in [2.75, 3.05) is 6.61 Å². The zero-order chi connectivity index (χ0) is 27.2. The average molecular weight is 525 g/mol. The SMILES string of the molecule is CCCCCCCC/C=C\CCCCCCCC(=O)OC(CCCCCCCCCCCC)C(O)CO. The lowest BCUT2D eigenvalue weighted by Crippen LogP contribution is -2.34. The van der Waals surface area contributed by atoms with Gasteiger partial charge >= 0.3 is 5.97 Å². The molecule has 0 aromatic heterocycles. The van der Waals surface area contributed by atoms with Crippen LogP contribution in [0.5, 0.6) is 0 Å². The van der Waals surface area contributed by atoms with Gasteiger partial charge in [-0.3, -0.25) is 4.79 Å². The fourth-order valence-corrected chi connectivity index (χ4v) is 4.85. The van der Waals surface area contributed by atoms with Crippen LogP contribution in [-0.2, 0) is 9.53 Å². The molecule has 37 heavy (non-hydrogen) atoms. The molecular formula is C33H64O4. The first kappa shape index (κ1) is 36.1. The maximum absolute atomic E-state index is 12.3. The molecule has 0 bridgehead atoms. The Kier molecular flexibility index (Phi) is 29.0. The fraction of sp³-hybridized carbons (Fsp3) is 0.909. The van der Waals surface area contributed by atoms with Crippen LogP contribution in [-0.4, -0.2) is 35.0 Å². The van der Waals surface area contributed by atoms with Crippen molar-refractivity contribution in [3.8, 4) is 0 Å². The summed E-state index contributed by atoms with van der Waals surface area (Å²) in [4.78, 5) is 12.3. The van der Waals surface area contributed by atoms with Crippen LogP contribution >= 0.6 is 0 Å². The molecule has 0 aliphatic heterocycles. The number of hydrogen-bond acceptors (Lipinski definition) is 4. The van der Waals surface area contributed by atoms with Crippen molar-refractivity contribution < 1.29 is 19.7 Å². The van der Waals surface area contributed by atoms with Crippen LogP contribution in [0.4, 0.5) is 0 Å². The molecule has 0 heterocycles. The van der Waals surface area contributed by atoms with Crippen LogP contribution in [0.3, 0.4) is 0 Å². The molecule has 0 fully saturated rings. The first-order valence-corrected chi connectivity index (χ1v) is 16.3. The van der Waals surface area contributed by atoms with E-state index >= 15 is 0 Å². The Hall–Kier alpha value is -0.870. The second-order valence-electron chi connectivity index (χ2n) is 11.1. The molecule has 0 aromatic carbocycles. The van der Waals surface area contributed by atoms with E-state index in [1.54, 1.807) is 0 Å². The third kappa shape index (κ3) is 26.5. The number of esters is 1. The zero-order valence-electron chi connectivity index (χ0n) is 24.9. The molecule has 0 aromatic rings. The molecule has 2 N–H and O–H groups in total. The van der Waals surface area contributed by atoms with E-state index < -0.39 is 12.2 Å². The number of unbranched alkanes of at least 4 members (excludes halogenated alkanes) is 20.